The molecule has 5 heteroatoms. The third kappa shape index (κ3) is 2.13. The summed E-state index contributed by atoms with van der Waals surface area (Å²) in [4.78, 5) is 0. The highest BCUT2D eigenvalue weighted by molar-refractivity contribution is 5.24. The van der Waals surface area contributed by atoms with Crippen molar-refractivity contribution in [2.75, 3.05) is 11.9 Å². The van der Waals surface area contributed by atoms with Gasteiger partial charge in [-0.15, -0.1) is 0 Å². The molecule has 2 heterocycles. The van der Waals surface area contributed by atoms with Crippen LogP contribution in [0.4, 0.5) is 5.95 Å². The Kier molecular flexibility index (Phi) is 2.73. The summed E-state index contributed by atoms with van der Waals surface area (Å²) in [5.41, 5.74) is 1.41. The van der Waals surface area contributed by atoms with Crippen LogP contribution in [0.1, 0.15) is 24.3 Å². The van der Waals surface area contributed by atoms with E-state index in [2.05, 4.69) is 51.2 Å². The molecule has 2 aromatic rings. The normalized spacial score (nSPS) is 19.9. The third-order valence-corrected chi connectivity index (χ3v) is 3.27. The molecule has 88 valence electrons. The van der Waals surface area contributed by atoms with Crippen LogP contribution in [0.2, 0.25) is 0 Å². The van der Waals surface area contributed by atoms with E-state index in [0.717, 1.165) is 31.9 Å². The highest BCUT2D eigenvalue weighted by atomic mass is 15.6. The second kappa shape index (κ2) is 4.53. The molecule has 0 saturated carbocycles. The molecular formula is C12H15N5. The van der Waals surface area contributed by atoms with Gasteiger partial charge in [0.1, 0.15) is 0 Å². The average molecular weight is 229 g/mol. The minimum atomic E-state index is 0.584. The van der Waals surface area contributed by atoms with Crippen LogP contribution in [0.3, 0.4) is 0 Å². The molecule has 0 fully saturated rings. The highest BCUT2D eigenvalue weighted by Gasteiger charge is 2.16. The van der Waals surface area contributed by atoms with E-state index in [0.29, 0.717) is 5.92 Å². The Morgan fingerprint density at radius 1 is 1.18 bits per heavy atom. The lowest BCUT2D eigenvalue weighted by atomic mass is 9.92. The van der Waals surface area contributed by atoms with Crippen LogP contribution in [0.25, 0.3) is 0 Å². The van der Waals surface area contributed by atoms with Gasteiger partial charge in [0.25, 0.3) is 0 Å². The number of rotatable bonds is 1. The van der Waals surface area contributed by atoms with Crippen molar-refractivity contribution in [2.45, 2.75) is 25.3 Å². The van der Waals surface area contributed by atoms with Gasteiger partial charge in [0.15, 0.2) is 0 Å². The lowest BCUT2D eigenvalue weighted by Crippen LogP contribution is -2.18. The van der Waals surface area contributed by atoms with E-state index in [9.17, 15) is 0 Å². The van der Waals surface area contributed by atoms with Gasteiger partial charge in [0, 0.05) is 13.1 Å². The molecule has 17 heavy (non-hydrogen) atoms. The van der Waals surface area contributed by atoms with Crippen molar-refractivity contribution < 1.29 is 0 Å². The molecule has 1 atom stereocenters. The topological polar surface area (TPSA) is 55.6 Å². The van der Waals surface area contributed by atoms with Crippen LogP contribution in [0.15, 0.2) is 30.3 Å². The first-order chi connectivity index (χ1) is 8.43. The van der Waals surface area contributed by atoms with E-state index < -0.39 is 0 Å². The van der Waals surface area contributed by atoms with Gasteiger partial charge >= 0.3 is 0 Å². The lowest BCUT2D eigenvalue weighted by molar-refractivity contribution is 0.479. The molecule has 0 aliphatic carbocycles. The Morgan fingerprint density at radius 3 is 2.94 bits per heavy atom. The minimum Gasteiger partial charge on any atom is -0.353 e. The first-order valence-corrected chi connectivity index (χ1v) is 5.98. The second-order valence-electron chi connectivity index (χ2n) is 4.34. The fourth-order valence-corrected chi connectivity index (χ4v) is 2.32. The fourth-order valence-electron chi connectivity index (χ4n) is 2.32. The molecule has 1 N–H and O–H groups in total. The van der Waals surface area contributed by atoms with Crippen molar-refractivity contribution in [3.8, 4) is 0 Å². The summed E-state index contributed by atoms with van der Waals surface area (Å²) < 4.78 is 1.84. The standard InChI is InChI=1S/C12H15N5/c1-2-4-10(5-3-1)11-6-8-13-12-14-15-16-17(12)9-7-11/h1-5,11H,6-9H2,(H,13,14,16)/t11-/m1/s1. The number of hydrogen-bond acceptors (Lipinski definition) is 4. The van der Waals surface area contributed by atoms with Crippen molar-refractivity contribution in [1.82, 2.24) is 20.2 Å². The monoisotopic (exact) mass is 229 g/mol. The van der Waals surface area contributed by atoms with Gasteiger partial charge < -0.3 is 5.32 Å². The molecule has 0 unspecified atom stereocenters. The van der Waals surface area contributed by atoms with Crippen molar-refractivity contribution in [3.05, 3.63) is 35.9 Å². The van der Waals surface area contributed by atoms with Crippen molar-refractivity contribution in [1.29, 1.82) is 0 Å². The SMILES string of the molecule is c1ccc([C@@H]2CCNc3nnnn3CC2)cc1. The van der Waals surface area contributed by atoms with E-state index in [1.807, 2.05) is 4.68 Å². The van der Waals surface area contributed by atoms with Gasteiger partial charge in [-0.2, -0.15) is 0 Å². The van der Waals surface area contributed by atoms with E-state index in [4.69, 9.17) is 0 Å². The quantitative estimate of drug-likeness (QED) is 0.808. The highest BCUT2D eigenvalue weighted by Crippen LogP contribution is 2.25. The van der Waals surface area contributed by atoms with E-state index in [1.165, 1.54) is 5.56 Å². The Morgan fingerprint density at radius 2 is 2.06 bits per heavy atom. The van der Waals surface area contributed by atoms with Crippen LogP contribution in [0.5, 0.6) is 0 Å². The predicted octanol–water partition coefficient (Wildman–Crippen LogP) is 1.66. The van der Waals surface area contributed by atoms with Crippen molar-refractivity contribution >= 4 is 5.95 Å². The van der Waals surface area contributed by atoms with Crippen molar-refractivity contribution in [3.63, 3.8) is 0 Å². The van der Waals surface area contributed by atoms with Crippen LogP contribution in [0, 0.1) is 0 Å². The van der Waals surface area contributed by atoms with Gasteiger partial charge in [-0.1, -0.05) is 35.4 Å². The molecule has 5 nitrogen and oxygen atoms in total. The molecule has 0 spiro atoms. The summed E-state index contributed by atoms with van der Waals surface area (Å²) in [6.07, 6.45) is 2.21. The molecule has 0 amide bonds. The maximum absolute atomic E-state index is 3.98. The molecular weight excluding hydrogens is 214 g/mol. The maximum Gasteiger partial charge on any atom is 0.242 e. The average Bonchev–Trinajstić information content (AvgIpc) is 2.77. The number of aromatic nitrogens is 4. The number of anilines is 1. The zero-order chi connectivity index (χ0) is 11.5. The number of tetrazole rings is 1. The second-order valence-corrected chi connectivity index (χ2v) is 4.34. The van der Waals surface area contributed by atoms with E-state index in [1.54, 1.807) is 0 Å². The number of aryl methyl sites for hydroxylation is 1. The minimum absolute atomic E-state index is 0.584. The molecule has 0 radical (unpaired) electrons. The zero-order valence-electron chi connectivity index (χ0n) is 9.58. The Labute approximate surface area is 99.8 Å². The molecule has 1 aromatic heterocycles. The Hall–Kier alpha value is -1.91. The fraction of sp³-hybridized carbons (Fsp3) is 0.417. The summed E-state index contributed by atoms with van der Waals surface area (Å²) in [5, 5.41) is 14.9. The first-order valence-electron chi connectivity index (χ1n) is 5.98. The Bertz CT molecular complexity index is 479. The Balaban J connectivity index is 1.78. The van der Waals surface area contributed by atoms with Crippen LogP contribution in [-0.4, -0.2) is 26.8 Å². The van der Waals surface area contributed by atoms with E-state index in [-0.39, 0.29) is 0 Å². The number of nitrogens with zero attached hydrogens (tertiary/aromatic N) is 4. The third-order valence-electron chi connectivity index (χ3n) is 3.27. The van der Waals surface area contributed by atoms with Crippen LogP contribution in [-0.2, 0) is 6.54 Å². The number of fused-ring (bicyclic) bond motifs is 1. The number of hydrogen-bond donors (Lipinski definition) is 1. The summed E-state index contributed by atoms with van der Waals surface area (Å²) in [7, 11) is 0. The molecule has 0 saturated heterocycles. The molecule has 1 aromatic carbocycles. The van der Waals surface area contributed by atoms with E-state index >= 15 is 0 Å². The molecule has 0 bridgehead atoms. The molecule has 1 aliphatic rings. The largest absolute Gasteiger partial charge is 0.353 e. The smallest absolute Gasteiger partial charge is 0.242 e. The zero-order valence-corrected chi connectivity index (χ0v) is 9.58. The van der Waals surface area contributed by atoms with Crippen LogP contribution >= 0.6 is 0 Å². The molecule has 1 aliphatic heterocycles. The lowest BCUT2D eigenvalue weighted by Gasteiger charge is -2.20. The first kappa shape index (κ1) is 10.3. The van der Waals surface area contributed by atoms with Gasteiger partial charge in [-0.25, -0.2) is 4.68 Å². The summed E-state index contributed by atoms with van der Waals surface area (Å²) in [6.45, 7) is 1.79. The number of benzene rings is 1. The maximum atomic E-state index is 3.98. The summed E-state index contributed by atoms with van der Waals surface area (Å²) in [5.74, 6) is 1.37. The van der Waals surface area contributed by atoms with Gasteiger partial charge in [-0.05, 0) is 34.7 Å². The predicted molar refractivity (Wildman–Crippen MR) is 64.7 cm³/mol. The number of nitrogens with one attached hydrogen (secondary N) is 1. The van der Waals surface area contributed by atoms with Gasteiger partial charge in [0.05, 0.1) is 0 Å². The van der Waals surface area contributed by atoms with Crippen LogP contribution < -0.4 is 5.32 Å². The summed E-state index contributed by atoms with van der Waals surface area (Å²) in [6, 6.07) is 10.7. The van der Waals surface area contributed by atoms with Crippen molar-refractivity contribution in [2.24, 2.45) is 0 Å². The molecule has 3 rings (SSSR count). The van der Waals surface area contributed by atoms with Gasteiger partial charge in [0.2, 0.25) is 5.95 Å². The summed E-state index contributed by atoms with van der Waals surface area (Å²) >= 11 is 0. The van der Waals surface area contributed by atoms with Gasteiger partial charge in [-0.3, -0.25) is 0 Å².